The van der Waals surface area contributed by atoms with E-state index in [0.717, 1.165) is 49.0 Å². The van der Waals surface area contributed by atoms with Gasteiger partial charge in [0.25, 0.3) is 5.91 Å². The number of aryl methyl sites for hydroxylation is 2. The van der Waals surface area contributed by atoms with Crippen LogP contribution in [0.2, 0.25) is 0 Å². The number of amides is 1. The van der Waals surface area contributed by atoms with E-state index in [1.807, 2.05) is 48.7 Å². The maximum atomic E-state index is 12.9. The van der Waals surface area contributed by atoms with E-state index in [1.54, 1.807) is 0 Å². The Bertz CT molecular complexity index is 1010. The molecule has 0 aliphatic heterocycles. The average molecular weight is 421 g/mol. The molecule has 5 heteroatoms. The number of aromatic nitrogens is 2. The molecule has 5 nitrogen and oxygen atoms in total. The van der Waals surface area contributed by atoms with Crippen LogP contribution in [0.4, 0.5) is 5.69 Å². The number of nitrogens with one attached hydrogen (secondary N) is 1. The predicted octanol–water partition coefficient (Wildman–Crippen LogP) is 5.85. The molecule has 166 valence electrons. The lowest BCUT2D eigenvalue weighted by atomic mass is 10.0. The van der Waals surface area contributed by atoms with Gasteiger partial charge in [-0.15, -0.1) is 0 Å². The Labute approximate surface area is 186 Å². The van der Waals surface area contributed by atoms with Gasteiger partial charge in [0.15, 0.2) is 0 Å². The number of anilines is 1. The number of carbonyl (C=O) groups is 1. The molecule has 0 aliphatic carbocycles. The van der Waals surface area contributed by atoms with Gasteiger partial charge in [0.1, 0.15) is 5.65 Å². The van der Waals surface area contributed by atoms with E-state index in [2.05, 4.69) is 48.1 Å². The van der Waals surface area contributed by atoms with E-state index in [-0.39, 0.29) is 5.91 Å². The Morgan fingerprint density at radius 3 is 2.55 bits per heavy atom. The van der Waals surface area contributed by atoms with Crippen molar-refractivity contribution in [3.8, 4) is 0 Å². The Morgan fingerprint density at radius 1 is 1.13 bits per heavy atom. The molecule has 0 radical (unpaired) electrons. The molecule has 1 N–H and O–H groups in total. The van der Waals surface area contributed by atoms with Crippen molar-refractivity contribution in [2.45, 2.75) is 60.4 Å². The van der Waals surface area contributed by atoms with Gasteiger partial charge in [-0.05, 0) is 75.5 Å². The highest BCUT2D eigenvalue weighted by Gasteiger charge is 2.14. The van der Waals surface area contributed by atoms with Crippen LogP contribution in [0.15, 0.2) is 42.6 Å². The zero-order valence-electron chi connectivity index (χ0n) is 19.6. The van der Waals surface area contributed by atoms with E-state index in [1.165, 1.54) is 18.4 Å². The number of fused-ring (bicyclic) bond motifs is 1. The summed E-state index contributed by atoms with van der Waals surface area (Å²) in [5.74, 6) is 0.637. The van der Waals surface area contributed by atoms with Crippen LogP contribution in [-0.2, 0) is 6.54 Å². The molecule has 3 rings (SSSR count). The van der Waals surface area contributed by atoms with E-state index in [0.29, 0.717) is 11.2 Å². The molecule has 0 saturated carbocycles. The standard InChI is InChI=1S/C26H36N4O/c1-6-14-29(15-12-19(3)7-2)18-22-8-10-23(11-9-22)28-26(31)24-13-16-30-21(5)17-20(4)27-25(24)30/h8-11,13,16-17,19H,6-7,12,14-15,18H2,1-5H3,(H,28,31). The van der Waals surface area contributed by atoms with Gasteiger partial charge < -0.3 is 9.72 Å². The van der Waals surface area contributed by atoms with E-state index >= 15 is 0 Å². The molecular weight excluding hydrogens is 384 g/mol. The fourth-order valence-corrected chi connectivity index (χ4v) is 3.91. The van der Waals surface area contributed by atoms with Gasteiger partial charge in [0, 0.05) is 29.8 Å². The third-order valence-electron chi connectivity index (χ3n) is 5.98. The molecule has 1 amide bonds. The first-order valence-electron chi connectivity index (χ1n) is 11.5. The molecule has 0 saturated heterocycles. The third-order valence-corrected chi connectivity index (χ3v) is 5.98. The summed E-state index contributed by atoms with van der Waals surface area (Å²) < 4.78 is 1.95. The molecule has 0 fully saturated rings. The number of rotatable bonds is 10. The van der Waals surface area contributed by atoms with Crippen LogP contribution >= 0.6 is 0 Å². The van der Waals surface area contributed by atoms with Crippen molar-refractivity contribution < 1.29 is 4.79 Å². The summed E-state index contributed by atoms with van der Waals surface area (Å²) in [6, 6.07) is 12.1. The lowest BCUT2D eigenvalue weighted by molar-refractivity contribution is 0.102. The third kappa shape index (κ3) is 5.95. The van der Waals surface area contributed by atoms with Crippen molar-refractivity contribution in [2.24, 2.45) is 5.92 Å². The van der Waals surface area contributed by atoms with Crippen molar-refractivity contribution in [1.29, 1.82) is 0 Å². The van der Waals surface area contributed by atoms with Crippen LogP contribution in [-0.4, -0.2) is 33.3 Å². The minimum Gasteiger partial charge on any atom is -0.322 e. The molecule has 1 atom stereocenters. The summed E-state index contributed by atoms with van der Waals surface area (Å²) in [7, 11) is 0. The highest BCUT2D eigenvalue weighted by Crippen LogP contribution is 2.18. The molecule has 2 heterocycles. The Kier molecular flexibility index (Phi) is 7.85. The molecule has 2 aromatic heterocycles. The zero-order chi connectivity index (χ0) is 22.4. The minimum absolute atomic E-state index is 0.131. The Morgan fingerprint density at radius 2 is 1.87 bits per heavy atom. The molecule has 0 aliphatic rings. The highest BCUT2D eigenvalue weighted by molar-refractivity contribution is 6.08. The van der Waals surface area contributed by atoms with Gasteiger partial charge in [0.05, 0.1) is 5.56 Å². The summed E-state index contributed by atoms with van der Waals surface area (Å²) in [4.78, 5) is 20.0. The monoisotopic (exact) mass is 420 g/mol. The van der Waals surface area contributed by atoms with Crippen molar-refractivity contribution >= 4 is 17.2 Å². The molecule has 1 aromatic carbocycles. The van der Waals surface area contributed by atoms with Crippen LogP contribution in [0.3, 0.4) is 0 Å². The number of carbonyl (C=O) groups excluding carboxylic acids is 1. The Balaban J connectivity index is 1.65. The summed E-state index contributed by atoms with van der Waals surface area (Å²) in [5.41, 5.74) is 5.35. The van der Waals surface area contributed by atoms with Gasteiger partial charge >= 0.3 is 0 Å². The first kappa shape index (κ1) is 23.0. The fraction of sp³-hybridized carbons (Fsp3) is 0.462. The fourth-order valence-electron chi connectivity index (χ4n) is 3.91. The van der Waals surface area contributed by atoms with E-state index < -0.39 is 0 Å². The van der Waals surface area contributed by atoms with Crippen LogP contribution in [0.25, 0.3) is 5.65 Å². The number of benzene rings is 1. The average Bonchev–Trinajstić information content (AvgIpc) is 3.17. The summed E-state index contributed by atoms with van der Waals surface area (Å²) in [6.07, 6.45) is 5.54. The quantitative estimate of drug-likeness (QED) is 0.447. The Hall–Kier alpha value is -2.66. The summed E-state index contributed by atoms with van der Waals surface area (Å²) in [6.45, 7) is 14.0. The largest absolute Gasteiger partial charge is 0.322 e. The highest BCUT2D eigenvalue weighted by atomic mass is 16.1. The minimum atomic E-state index is -0.131. The van der Waals surface area contributed by atoms with Crippen LogP contribution in [0.5, 0.6) is 0 Å². The molecule has 3 aromatic rings. The lowest BCUT2D eigenvalue weighted by Crippen LogP contribution is -2.26. The maximum Gasteiger partial charge on any atom is 0.259 e. The first-order chi connectivity index (χ1) is 14.9. The van der Waals surface area contributed by atoms with Gasteiger partial charge in [-0.1, -0.05) is 39.3 Å². The smallest absolute Gasteiger partial charge is 0.259 e. The molecule has 0 bridgehead atoms. The number of nitrogens with zero attached hydrogens (tertiary/aromatic N) is 3. The second-order valence-corrected chi connectivity index (χ2v) is 8.69. The van der Waals surface area contributed by atoms with Crippen molar-refractivity contribution in [3.05, 3.63) is 65.1 Å². The van der Waals surface area contributed by atoms with Gasteiger partial charge in [-0.3, -0.25) is 9.69 Å². The van der Waals surface area contributed by atoms with Crippen LogP contribution < -0.4 is 5.32 Å². The van der Waals surface area contributed by atoms with Gasteiger partial charge in [-0.2, -0.15) is 0 Å². The summed E-state index contributed by atoms with van der Waals surface area (Å²) >= 11 is 0. The summed E-state index contributed by atoms with van der Waals surface area (Å²) in [5, 5.41) is 3.02. The number of hydrogen-bond acceptors (Lipinski definition) is 3. The van der Waals surface area contributed by atoms with Crippen LogP contribution in [0, 0.1) is 19.8 Å². The predicted molar refractivity (Wildman–Crippen MR) is 129 cm³/mol. The van der Waals surface area contributed by atoms with Crippen molar-refractivity contribution in [3.63, 3.8) is 0 Å². The topological polar surface area (TPSA) is 49.6 Å². The molecular formula is C26H36N4O. The maximum absolute atomic E-state index is 12.9. The second kappa shape index (κ2) is 10.6. The molecule has 0 spiro atoms. The molecule has 1 unspecified atom stereocenters. The normalized spacial score (nSPS) is 12.5. The second-order valence-electron chi connectivity index (χ2n) is 8.69. The first-order valence-corrected chi connectivity index (χ1v) is 11.5. The molecule has 31 heavy (non-hydrogen) atoms. The lowest BCUT2D eigenvalue weighted by Gasteiger charge is -2.23. The van der Waals surface area contributed by atoms with Crippen molar-refractivity contribution in [1.82, 2.24) is 14.3 Å². The van der Waals surface area contributed by atoms with Crippen LogP contribution in [0.1, 0.15) is 67.3 Å². The zero-order valence-corrected chi connectivity index (χ0v) is 19.6. The number of hydrogen-bond donors (Lipinski definition) is 1. The van der Waals surface area contributed by atoms with Gasteiger partial charge in [0.2, 0.25) is 0 Å². The van der Waals surface area contributed by atoms with Crippen molar-refractivity contribution in [2.75, 3.05) is 18.4 Å². The van der Waals surface area contributed by atoms with Gasteiger partial charge in [-0.25, -0.2) is 4.98 Å². The van der Waals surface area contributed by atoms with E-state index in [4.69, 9.17) is 0 Å². The van der Waals surface area contributed by atoms with E-state index in [9.17, 15) is 4.79 Å². The SMILES string of the molecule is CCCN(CCC(C)CC)Cc1ccc(NC(=O)c2ccn3c(C)cc(C)nc23)cc1.